The molecule has 4 nitrogen and oxygen atoms in total. The van der Waals surface area contributed by atoms with Crippen LogP contribution in [0, 0.1) is 17.7 Å². The second-order valence-electron chi connectivity index (χ2n) is 8.19. The number of benzene rings is 1. The Bertz CT molecular complexity index is 661. The van der Waals surface area contributed by atoms with Crippen molar-refractivity contribution in [2.75, 3.05) is 18.0 Å². The van der Waals surface area contributed by atoms with Gasteiger partial charge in [-0.3, -0.25) is 9.59 Å². The minimum absolute atomic E-state index is 0.118. The van der Waals surface area contributed by atoms with Crippen LogP contribution < -0.4 is 9.80 Å². The van der Waals surface area contributed by atoms with Crippen LogP contribution in [0.15, 0.2) is 24.3 Å². The predicted octanol–water partition coefficient (Wildman–Crippen LogP) is 2.33. The normalized spacial score (nSPS) is 30.8. The summed E-state index contributed by atoms with van der Waals surface area (Å²) < 4.78 is 13.1. The van der Waals surface area contributed by atoms with Crippen LogP contribution in [-0.2, 0) is 9.59 Å². The molecular formula is C21H28FN2O2+. The Kier molecular flexibility index (Phi) is 5.07. The number of carbonyl (C=O) groups is 2. The highest BCUT2D eigenvalue weighted by Crippen LogP contribution is 2.34. The van der Waals surface area contributed by atoms with Crippen LogP contribution in [-0.4, -0.2) is 30.9 Å². The van der Waals surface area contributed by atoms with Crippen LogP contribution in [0.25, 0.3) is 0 Å². The Morgan fingerprint density at radius 2 is 1.50 bits per heavy atom. The van der Waals surface area contributed by atoms with Gasteiger partial charge in [0.15, 0.2) is 6.04 Å². The zero-order valence-corrected chi connectivity index (χ0v) is 15.3. The van der Waals surface area contributed by atoms with E-state index < -0.39 is 0 Å². The van der Waals surface area contributed by atoms with Crippen LogP contribution in [0.5, 0.6) is 0 Å². The standard InChI is InChI=1S/C21H27FN2O2/c22-17-6-8-18(9-7-17)24-20(25)14-19(21(24)26)23-12-10-16(11-13-23)15-4-2-1-3-5-15/h6-9,15-16,19H,1-5,10-14H2/p+1/t19-/m1/s1. The number of hydrogen-bond donors (Lipinski definition) is 1. The first kappa shape index (κ1) is 17.7. The number of nitrogens with zero attached hydrogens (tertiary/aromatic N) is 1. The summed E-state index contributed by atoms with van der Waals surface area (Å²) >= 11 is 0. The van der Waals surface area contributed by atoms with Gasteiger partial charge in [-0.15, -0.1) is 0 Å². The van der Waals surface area contributed by atoms with Gasteiger partial charge in [0.25, 0.3) is 5.91 Å². The Hall–Kier alpha value is -1.75. The highest BCUT2D eigenvalue weighted by atomic mass is 19.1. The number of nitrogens with one attached hydrogen (secondary N) is 1. The van der Waals surface area contributed by atoms with E-state index in [-0.39, 0.29) is 30.1 Å². The lowest BCUT2D eigenvalue weighted by Crippen LogP contribution is -3.17. The molecule has 0 radical (unpaired) electrons. The third-order valence-corrected chi connectivity index (χ3v) is 6.71. The van der Waals surface area contributed by atoms with Gasteiger partial charge in [-0.25, -0.2) is 9.29 Å². The van der Waals surface area contributed by atoms with Crippen LogP contribution in [0.2, 0.25) is 0 Å². The molecule has 1 atom stereocenters. The van der Waals surface area contributed by atoms with E-state index in [0.29, 0.717) is 5.69 Å². The summed E-state index contributed by atoms with van der Waals surface area (Å²) in [6.45, 7) is 1.98. The van der Waals surface area contributed by atoms with Gasteiger partial charge >= 0.3 is 0 Å². The third kappa shape index (κ3) is 3.41. The topological polar surface area (TPSA) is 41.8 Å². The van der Waals surface area contributed by atoms with Crippen LogP contribution in [0.4, 0.5) is 10.1 Å². The molecule has 1 N–H and O–H groups in total. The van der Waals surface area contributed by atoms with E-state index >= 15 is 0 Å². The average molecular weight is 359 g/mol. The fourth-order valence-electron chi connectivity index (χ4n) is 5.25. The van der Waals surface area contributed by atoms with Gasteiger partial charge in [-0.2, -0.15) is 0 Å². The predicted molar refractivity (Wildman–Crippen MR) is 97.3 cm³/mol. The molecule has 2 heterocycles. The maximum atomic E-state index is 13.1. The zero-order chi connectivity index (χ0) is 18.1. The molecule has 4 rings (SSSR count). The van der Waals surface area contributed by atoms with E-state index in [4.69, 9.17) is 0 Å². The lowest BCUT2D eigenvalue weighted by Gasteiger charge is -2.37. The number of imide groups is 1. The Balaban J connectivity index is 1.39. The third-order valence-electron chi connectivity index (χ3n) is 6.71. The van der Waals surface area contributed by atoms with Gasteiger partial charge in [-0.05, 0) is 48.9 Å². The van der Waals surface area contributed by atoms with Gasteiger partial charge in [0.1, 0.15) is 5.82 Å². The Labute approximate surface area is 154 Å². The number of halogens is 1. The first-order chi connectivity index (χ1) is 12.6. The van der Waals surface area contributed by atoms with E-state index in [1.165, 1.54) is 79.0 Å². The molecule has 140 valence electrons. The number of quaternary nitrogens is 1. The van der Waals surface area contributed by atoms with Crippen molar-refractivity contribution in [3.63, 3.8) is 0 Å². The van der Waals surface area contributed by atoms with Gasteiger partial charge in [-0.1, -0.05) is 32.1 Å². The summed E-state index contributed by atoms with van der Waals surface area (Å²) in [6, 6.07) is 5.35. The van der Waals surface area contributed by atoms with Crippen molar-refractivity contribution in [1.82, 2.24) is 0 Å². The molecular weight excluding hydrogens is 331 g/mol. The highest BCUT2D eigenvalue weighted by Gasteiger charge is 2.46. The summed E-state index contributed by atoms with van der Waals surface area (Å²) in [6.07, 6.45) is 9.51. The minimum Gasteiger partial charge on any atom is -0.324 e. The first-order valence-corrected chi connectivity index (χ1v) is 10.1. The molecule has 1 saturated carbocycles. The molecule has 0 spiro atoms. The lowest BCUT2D eigenvalue weighted by atomic mass is 9.75. The molecule has 3 fully saturated rings. The van der Waals surface area contributed by atoms with E-state index in [0.717, 1.165) is 24.9 Å². The summed E-state index contributed by atoms with van der Waals surface area (Å²) in [5.41, 5.74) is 0.486. The molecule has 1 aromatic rings. The van der Waals surface area contributed by atoms with E-state index in [2.05, 4.69) is 0 Å². The number of hydrogen-bond acceptors (Lipinski definition) is 2. The summed E-state index contributed by atoms with van der Waals surface area (Å²) in [5, 5.41) is 0. The fraction of sp³-hybridized carbons (Fsp3) is 0.619. The maximum absolute atomic E-state index is 13.1. The van der Waals surface area contributed by atoms with E-state index in [1.807, 2.05) is 0 Å². The molecule has 1 aromatic carbocycles. The minimum atomic E-state index is -0.361. The quantitative estimate of drug-likeness (QED) is 0.842. The van der Waals surface area contributed by atoms with E-state index in [1.54, 1.807) is 0 Å². The molecule has 1 aliphatic carbocycles. The average Bonchev–Trinajstić information content (AvgIpc) is 2.98. The Morgan fingerprint density at radius 3 is 2.15 bits per heavy atom. The van der Waals surface area contributed by atoms with Gasteiger partial charge in [0, 0.05) is 0 Å². The monoisotopic (exact) mass is 359 g/mol. The van der Waals surface area contributed by atoms with Gasteiger partial charge < -0.3 is 4.90 Å². The summed E-state index contributed by atoms with van der Waals surface area (Å²) in [5.74, 6) is 1.04. The highest BCUT2D eigenvalue weighted by molar-refractivity contribution is 6.21. The molecule has 0 aromatic heterocycles. The number of amides is 2. The molecule has 2 aliphatic heterocycles. The van der Waals surface area contributed by atoms with Crippen molar-refractivity contribution in [3.8, 4) is 0 Å². The lowest BCUT2D eigenvalue weighted by molar-refractivity contribution is -0.921. The number of carbonyl (C=O) groups excluding carboxylic acids is 2. The second-order valence-corrected chi connectivity index (χ2v) is 8.19. The number of anilines is 1. The molecule has 2 amide bonds. The molecule has 2 saturated heterocycles. The largest absolute Gasteiger partial charge is 0.324 e. The SMILES string of the molecule is O=C1C[C@@H]([NH+]2CCC(C3CCCCC3)CC2)C(=O)N1c1ccc(F)cc1. The second kappa shape index (κ2) is 7.47. The maximum Gasteiger partial charge on any atom is 0.292 e. The van der Waals surface area contributed by atoms with Crippen molar-refractivity contribution in [3.05, 3.63) is 30.1 Å². The summed E-state index contributed by atoms with van der Waals surface area (Å²) in [4.78, 5) is 27.8. The van der Waals surface area contributed by atoms with Crippen LogP contribution in [0.3, 0.4) is 0 Å². The molecule has 0 bridgehead atoms. The fourth-order valence-corrected chi connectivity index (χ4v) is 5.25. The van der Waals surface area contributed by atoms with Crippen molar-refractivity contribution in [2.24, 2.45) is 11.8 Å². The van der Waals surface area contributed by atoms with E-state index in [9.17, 15) is 14.0 Å². The molecule has 0 unspecified atom stereocenters. The van der Waals surface area contributed by atoms with Crippen molar-refractivity contribution in [1.29, 1.82) is 0 Å². The van der Waals surface area contributed by atoms with Crippen LogP contribution in [0.1, 0.15) is 51.4 Å². The zero-order valence-electron chi connectivity index (χ0n) is 15.3. The molecule has 26 heavy (non-hydrogen) atoms. The molecule has 3 aliphatic rings. The molecule has 5 heteroatoms. The summed E-state index contributed by atoms with van der Waals surface area (Å²) in [7, 11) is 0. The van der Waals surface area contributed by atoms with Crippen molar-refractivity contribution >= 4 is 17.5 Å². The number of piperidine rings is 1. The van der Waals surface area contributed by atoms with Gasteiger partial charge in [0.2, 0.25) is 5.91 Å². The first-order valence-electron chi connectivity index (χ1n) is 10.1. The van der Waals surface area contributed by atoms with Crippen molar-refractivity contribution < 1.29 is 18.9 Å². The Morgan fingerprint density at radius 1 is 0.885 bits per heavy atom. The van der Waals surface area contributed by atoms with Crippen LogP contribution >= 0.6 is 0 Å². The van der Waals surface area contributed by atoms with Crippen molar-refractivity contribution in [2.45, 2.75) is 57.4 Å². The smallest absolute Gasteiger partial charge is 0.292 e. The van der Waals surface area contributed by atoms with Gasteiger partial charge in [0.05, 0.1) is 25.2 Å². The number of likely N-dealkylation sites (tertiary alicyclic amines) is 1. The number of rotatable bonds is 3.